The Bertz CT molecular complexity index is 2100. The van der Waals surface area contributed by atoms with Gasteiger partial charge < -0.3 is 31.2 Å². The number of benzene rings is 6. The van der Waals surface area contributed by atoms with Gasteiger partial charge >= 0.3 is 0 Å². The maximum atomic E-state index is 9.83. The van der Waals surface area contributed by atoms with Crippen LogP contribution in [0.15, 0.2) is 121 Å². The van der Waals surface area contributed by atoms with Crippen LogP contribution in [0.5, 0.6) is 34.5 Å². The average molecular weight is 613 g/mol. The highest BCUT2D eigenvalue weighted by atomic mass is 16.5. The van der Waals surface area contributed by atoms with Gasteiger partial charge in [-0.2, -0.15) is 0 Å². The Morgan fingerprint density at radius 2 is 0.894 bits per heavy atom. The highest BCUT2D eigenvalue weighted by Gasteiger charge is 2.48. The molecule has 0 aliphatic heterocycles. The van der Waals surface area contributed by atoms with E-state index in [4.69, 9.17) is 33.8 Å². The van der Waals surface area contributed by atoms with Crippen LogP contribution in [0.1, 0.15) is 33.4 Å². The van der Waals surface area contributed by atoms with Gasteiger partial charge in [0.15, 0.2) is 0 Å². The van der Waals surface area contributed by atoms with E-state index in [-0.39, 0.29) is 22.9 Å². The lowest BCUT2D eigenvalue weighted by molar-refractivity contribution is 0.466. The molecule has 7 rings (SSSR count). The van der Waals surface area contributed by atoms with E-state index in [9.17, 15) is 10.2 Å². The van der Waals surface area contributed by atoms with Crippen molar-refractivity contribution in [3.8, 4) is 70.3 Å². The fourth-order valence-electron chi connectivity index (χ4n) is 6.48. The topological polar surface area (TPSA) is 111 Å². The highest BCUT2D eigenvalue weighted by molar-refractivity contribution is 5.90. The number of aromatic hydroxyl groups is 2. The zero-order chi connectivity index (χ0) is 32.7. The Labute approximate surface area is 272 Å². The molecule has 0 atom stereocenters. The van der Waals surface area contributed by atoms with Crippen LogP contribution < -0.4 is 20.9 Å². The third-order valence-corrected chi connectivity index (χ3v) is 8.52. The average Bonchev–Trinajstić information content (AvgIpc) is 3.40. The molecule has 0 heterocycles. The molecule has 47 heavy (non-hydrogen) atoms. The van der Waals surface area contributed by atoms with Crippen molar-refractivity contribution < 1.29 is 19.7 Å². The van der Waals surface area contributed by atoms with Gasteiger partial charge in [0.05, 0.1) is 16.8 Å². The molecule has 0 fully saturated rings. The van der Waals surface area contributed by atoms with Gasteiger partial charge in [-0.25, -0.2) is 0 Å². The molecule has 6 nitrogen and oxygen atoms in total. The summed E-state index contributed by atoms with van der Waals surface area (Å²) in [7, 11) is 0. The molecule has 0 saturated heterocycles. The standard InChI is InChI=1S/C41H28N2O4/c1-3-25-7-5-9-33-34-10-6-8-26(4-2)40(34)41(39(25)33,27-11-15-29(16-12-27)46-31-19-21-37(44)35(42)23-31)28-13-17-30(18-14-28)47-32-20-22-38(45)36(43)24-32/h1-2,5-24,44-45H,42-43H2. The second kappa shape index (κ2) is 11.3. The summed E-state index contributed by atoms with van der Waals surface area (Å²) in [5, 5.41) is 19.7. The van der Waals surface area contributed by atoms with E-state index in [1.54, 1.807) is 24.3 Å². The third kappa shape index (κ3) is 4.73. The fourth-order valence-corrected chi connectivity index (χ4v) is 6.48. The predicted octanol–water partition coefficient (Wildman–Crippen LogP) is 8.17. The Kier molecular flexibility index (Phi) is 6.97. The minimum Gasteiger partial charge on any atom is -0.506 e. The molecule has 226 valence electrons. The first-order valence-corrected chi connectivity index (χ1v) is 14.8. The van der Waals surface area contributed by atoms with Crippen molar-refractivity contribution >= 4 is 11.4 Å². The van der Waals surface area contributed by atoms with Crippen LogP contribution in [0.25, 0.3) is 11.1 Å². The molecule has 6 heteroatoms. The lowest BCUT2D eigenvalue weighted by Gasteiger charge is -2.35. The van der Waals surface area contributed by atoms with Gasteiger partial charge in [-0.3, -0.25) is 0 Å². The molecule has 0 bridgehead atoms. The number of rotatable bonds is 6. The van der Waals surface area contributed by atoms with Gasteiger partial charge in [-0.05, 0) is 94.0 Å². The Balaban J connectivity index is 1.42. The van der Waals surface area contributed by atoms with Crippen LogP contribution in [-0.4, -0.2) is 10.2 Å². The normalized spacial score (nSPS) is 12.3. The molecule has 0 unspecified atom stereocenters. The number of hydrogen-bond donors (Lipinski definition) is 4. The SMILES string of the molecule is C#Cc1cccc2c1C(c1ccc(Oc3ccc(O)c(N)c3)cc1)(c1ccc(Oc3ccc(O)c(N)c3)cc1)c1c(C#C)cccc1-2. The van der Waals surface area contributed by atoms with Crippen LogP contribution in [-0.2, 0) is 5.41 Å². The monoisotopic (exact) mass is 612 g/mol. The molecule has 1 aliphatic carbocycles. The van der Waals surface area contributed by atoms with Gasteiger partial charge in [-0.1, -0.05) is 60.4 Å². The van der Waals surface area contributed by atoms with Crippen molar-refractivity contribution in [2.24, 2.45) is 0 Å². The van der Waals surface area contributed by atoms with Crippen LogP contribution in [0.2, 0.25) is 0 Å². The minimum atomic E-state index is -0.889. The first-order chi connectivity index (χ1) is 22.8. The zero-order valence-electron chi connectivity index (χ0n) is 25.1. The first kappa shape index (κ1) is 29.0. The number of phenols is 2. The molecule has 0 saturated carbocycles. The van der Waals surface area contributed by atoms with Gasteiger partial charge in [0, 0.05) is 23.3 Å². The van der Waals surface area contributed by atoms with Crippen LogP contribution in [0.3, 0.4) is 0 Å². The highest BCUT2D eigenvalue weighted by Crippen LogP contribution is 2.58. The van der Waals surface area contributed by atoms with Crippen molar-refractivity contribution in [2.75, 3.05) is 11.5 Å². The fraction of sp³-hybridized carbons (Fsp3) is 0.0244. The second-order valence-electron chi connectivity index (χ2n) is 11.2. The summed E-state index contributed by atoms with van der Waals surface area (Å²) in [5.41, 5.74) is 18.6. The Morgan fingerprint density at radius 1 is 0.511 bits per heavy atom. The molecule has 6 N–H and O–H groups in total. The van der Waals surface area contributed by atoms with Crippen LogP contribution >= 0.6 is 0 Å². The smallest absolute Gasteiger partial charge is 0.138 e. The van der Waals surface area contributed by atoms with E-state index in [1.807, 2.05) is 72.8 Å². The summed E-state index contributed by atoms with van der Waals surface area (Å²) in [5.74, 6) is 8.01. The number of ether oxygens (including phenoxy) is 2. The maximum Gasteiger partial charge on any atom is 0.138 e. The molecule has 0 aromatic heterocycles. The summed E-state index contributed by atoms with van der Waals surface area (Å²) in [6, 6.07) is 37.1. The summed E-state index contributed by atoms with van der Waals surface area (Å²) in [4.78, 5) is 0. The van der Waals surface area contributed by atoms with E-state index in [0.717, 1.165) is 44.5 Å². The number of fused-ring (bicyclic) bond motifs is 3. The van der Waals surface area contributed by atoms with Gasteiger partial charge in [0.25, 0.3) is 0 Å². The van der Waals surface area contributed by atoms with E-state index in [2.05, 4.69) is 24.0 Å². The van der Waals surface area contributed by atoms with Gasteiger partial charge in [-0.15, -0.1) is 12.8 Å². The van der Waals surface area contributed by atoms with Crippen molar-refractivity contribution in [3.63, 3.8) is 0 Å². The summed E-state index contributed by atoms with van der Waals surface area (Å²) in [6.07, 6.45) is 12.4. The van der Waals surface area contributed by atoms with Gasteiger partial charge in [0.1, 0.15) is 34.5 Å². The largest absolute Gasteiger partial charge is 0.506 e. The van der Waals surface area contributed by atoms with E-state index >= 15 is 0 Å². The summed E-state index contributed by atoms with van der Waals surface area (Å²) >= 11 is 0. The number of hydrogen-bond acceptors (Lipinski definition) is 6. The molecule has 0 spiro atoms. The zero-order valence-corrected chi connectivity index (χ0v) is 25.1. The van der Waals surface area contributed by atoms with Crippen molar-refractivity contribution in [1.82, 2.24) is 0 Å². The van der Waals surface area contributed by atoms with Crippen LogP contribution in [0, 0.1) is 24.7 Å². The molecule has 0 radical (unpaired) electrons. The minimum absolute atomic E-state index is 0.00884. The molecular weight excluding hydrogens is 584 g/mol. The number of anilines is 2. The summed E-state index contributed by atoms with van der Waals surface area (Å²) in [6.45, 7) is 0. The number of phenolic OH excluding ortho intramolecular Hbond substituents is 2. The predicted molar refractivity (Wildman–Crippen MR) is 185 cm³/mol. The van der Waals surface area contributed by atoms with Crippen molar-refractivity contribution in [1.29, 1.82) is 0 Å². The first-order valence-electron chi connectivity index (χ1n) is 14.8. The summed E-state index contributed by atoms with van der Waals surface area (Å²) < 4.78 is 12.2. The number of nitrogens with two attached hydrogens (primary N) is 2. The quantitative estimate of drug-likeness (QED) is 0.0857. The molecule has 0 amide bonds. The van der Waals surface area contributed by atoms with Gasteiger partial charge in [0.2, 0.25) is 0 Å². The Hall–Kier alpha value is -6.76. The third-order valence-electron chi connectivity index (χ3n) is 8.52. The molecule has 6 aromatic rings. The number of terminal acetylenes is 2. The number of nitrogen functional groups attached to an aromatic ring is 2. The second-order valence-corrected chi connectivity index (χ2v) is 11.2. The van der Waals surface area contributed by atoms with Crippen molar-refractivity contribution in [3.05, 3.63) is 155 Å². The molecular formula is C41H28N2O4. The van der Waals surface area contributed by atoms with Crippen molar-refractivity contribution in [2.45, 2.75) is 5.41 Å². The Morgan fingerprint density at radius 3 is 1.26 bits per heavy atom. The molecule has 6 aromatic carbocycles. The van der Waals surface area contributed by atoms with E-state index in [1.165, 1.54) is 12.1 Å². The maximum absolute atomic E-state index is 9.83. The lowest BCUT2D eigenvalue weighted by Crippen LogP contribution is -2.30. The van der Waals surface area contributed by atoms with Crippen LogP contribution in [0.4, 0.5) is 11.4 Å². The van der Waals surface area contributed by atoms with E-state index < -0.39 is 5.41 Å². The molecule has 1 aliphatic rings. The van der Waals surface area contributed by atoms with E-state index in [0.29, 0.717) is 23.0 Å². The lowest BCUT2D eigenvalue weighted by atomic mass is 9.65.